The molecule has 0 amide bonds. The van der Waals surface area contributed by atoms with E-state index >= 15 is 0 Å². The van der Waals surface area contributed by atoms with Crippen LogP contribution >= 0.6 is 0 Å². The Morgan fingerprint density at radius 2 is 2.22 bits per heavy atom. The van der Waals surface area contributed by atoms with E-state index in [1.54, 1.807) is 0 Å². The van der Waals surface area contributed by atoms with E-state index in [0.29, 0.717) is 0 Å². The SMILES string of the molecule is CC1(COc2ccc3c(c2)CCN3)CCCCN1. The Balaban J connectivity index is 1.62. The van der Waals surface area contributed by atoms with E-state index < -0.39 is 0 Å². The summed E-state index contributed by atoms with van der Waals surface area (Å²) >= 11 is 0. The molecule has 0 spiro atoms. The molecule has 1 atom stereocenters. The molecule has 2 aliphatic heterocycles. The highest BCUT2D eigenvalue weighted by molar-refractivity contribution is 5.57. The third-order valence-corrected chi connectivity index (χ3v) is 4.05. The zero-order valence-electron chi connectivity index (χ0n) is 11.1. The molecule has 3 heteroatoms. The number of hydrogen-bond donors (Lipinski definition) is 2. The van der Waals surface area contributed by atoms with Crippen molar-refractivity contribution in [3.63, 3.8) is 0 Å². The Labute approximate surface area is 109 Å². The van der Waals surface area contributed by atoms with Gasteiger partial charge in [0.05, 0.1) is 0 Å². The highest BCUT2D eigenvalue weighted by atomic mass is 16.5. The van der Waals surface area contributed by atoms with Crippen molar-refractivity contribution < 1.29 is 4.74 Å². The fourth-order valence-corrected chi connectivity index (χ4v) is 2.86. The Kier molecular flexibility index (Phi) is 3.16. The highest BCUT2D eigenvalue weighted by Crippen LogP contribution is 2.27. The smallest absolute Gasteiger partial charge is 0.119 e. The average Bonchev–Trinajstić information content (AvgIpc) is 2.85. The van der Waals surface area contributed by atoms with E-state index in [0.717, 1.165) is 31.9 Å². The minimum absolute atomic E-state index is 0.148. The molecule has 2 N–H and O–H groups in total. The molecule has 3 nitrogen and oxygen atoms in total. The van der Waals surface area contributed by atoms with Crippen LogP contribution in [-0.4, -0.2) is 25.2 Å². The molecule has 0 saturated carbocycles. The molecule has 1 fully saturated rings. The van der Waals surface area contributed by atoms with Crippen molar-refractivity contribution >= 4 is 5.69 Å². The molecular weight excluding hydrogens is 224 g/mol. The molecule has 1 aromatic rings. The molecule has 0 aliphatic carbocycles. The molecule has 0 aromatic heterocycles. The van der Waals surface area contributed by atoms with Crippen LogP contribution in [0.3, 0.4) is 0 Å². The average molecular weight is 246 g/mol. The lowest BCUT2D eigenvalue weighted by Crippen LogP contribution is -2.50. The number of anilines is 1. The van der Waals surface area contributed by atoms with E-state index in [2.05, 4.69) is 35.8 Å². The molecule has 3 rings (SSSR count). The summed E-state index contributed by atoms with van der Waals surface area (Å²) < 4.78 is 5.98. The van der Waals surface area contributed by atoms with Gasteiger partial charge in [0.1, 0.15) is 12.4 Å². The van der Waals surface area contributed by atoms with Gasteiger partial charge in [0.15, 0.2) is 0 Å². The maximum atomic E-state index is 5.98. The van der Waals surface area contributed by atoms with Crippen LogP contribution in [0.15, 0.2) is 18.2 Å². The van der Waals surface area contributed by atoms with E-state index in [1.807, 2.05) is 0 Å². The number of ether oxygens (including phenoxy) is 1. The number of hydrogen-bond acceptors (Lipinski definition) is 3. The Morgan fingerprint density at radius 3 is 3.06 bits per heavy atom. The number of piperidine rings is 1. The maximum absolute atomic E-state index is 5.98. The van der Waals surface area contributed by atoms with Crippen LogP contribution in [0.5, 0.6) is 5.75 Å². The molecule has 98 valence electrons. The van der Waals surface area contributed by atoms with Crippen molar-refractivity contribution in [3.8, 4) is 5.75 Å². The molecule has 1 unspecified atom stereocenters. The largest absolute Gasteiger partial charge is 0.492 e. The van der Waals surface area contributed by atoms with E-state index in [4.69, 9.17) is 4.74 Å². The van der Waals surface area contributed by atoms with E-state index in [1.165, 1.54) is 30.5 Å². The summed E-state index contributed by atoms with van der Waals surface area (Å²) in [5, 5.41) is 6.95. The summed E-state index contributed by atoms with van der Waals surface area (Å²) in [6.45, 7) is 5.20. The molecule has 0 radical (unpaired) electrons. The maximum Gasteiger partial charge on any atom is 0.119 e. The third kappa shape index (κ3) is 2.46. The van der Waals surface area contributed by atoms with Crippen molar-refractivity contribution in [3.05, 3.63) is 23.8 Å². The first-order valence-electron chi connectivity index (χ1n) is 7.00. The van der Waals surface area contributed by atoms with Crippen molar-refractivity contribution in [2.45, 2.75) is 38.1 Å². The van der Waals surface area contributed by atoms with E-state index in [9.17, 15) is 0 Å². The van der Waals surface area contributed by atoms with Crippen LogP contribution in [0.25, 0.3) is 0 Å². The van der Waals surface area contributed by atoms with Gasteiger partial charge in [-0.2, -0.15) is 0 Å². The summed E-state index contributed by atoms with van der Waals surface area (Å²) in [7, 11) is 0. The molecule has 1 saturated heterocycles. The third-order valence-electron chi connectivity index (χ3n) is 4.05. The van der Waals surface area contributed by atoms with Crippen LogP contribution in [0, 0.1) is 0 Å². The first kappa shape index (κ1) is 11.8. The van der Waals surface area contributed by atoms with Gasteiger partial charge in [-0.3, -0.25) is 0 Å². The molecule has 1 aromatic carbocycles. The highest BCUT2D eigenvalue weighted by Gasteiger charge is 2.27. The lowest BCUT2D eigenvalue weighted by Gasteiger charge is -2.34. The van der Waals surface area contributed by atoms with Gasteiger partial charge < -0.3 is 15.4 Å². The van der Waals surface area contributed by atoms with Crippen LogP contribution < -0.4 is 15.4 Å². The topological polar surface area (TPSA) is 33.3 Å². The quantitative estimate of drug-likeness (QED) is 0.860. The van der Waals surface area contributed by atoms with Gasteiger partial charge in [-0.1, -0.05) is 6.42 Å². The number of rotatable bonds is 3. The second kappa shape index (κ2) is 4.81. The lowest BCUT2D eigenvalue weighted by atomic mass is 9.92. The Morgan fingerprint density at radius 1 is 1.28 bits per heavy atom. The normalized spacial score (nSPS) is 26.5. The molecule has 2 heterocycles. The molecule has 2 aliphatic rings. The summed E-state index contributed by atoms with van der Waals surface area (Å²) in [5.41, 5.74) is 2.80. The monoisotopic (exact) mass is 246 g/mol. The van der Waals surface area contributed by atoms with Gasteiger partial charge >= 0.3 is 0 Å². The summed E-state index contributed by atoms with van der Waals surface area (Å²) in [6.07, 6.45) is 4.92. The molecular formula is C15H22N2O. The fraction of sp³-hybridized carbons (Fsp3) is 0.600. The summed E-state index contributed by atoms with van der Waals surface area (Å²) in [4.78, 5) is 0. The fourth-order valence-electron chi connectivity index (χ4n) is 2.86. The molecule has 0 bridgehead atoms. The first-order valence-corrected chi connectivity index (χ1v) is 7.00. The van der Waals surface area contributed by atoms with Crippen LogP contribution in [-0.2, 0) is 6.42 Å². The first-order chi connectivity index (χ1) is 8.75. The lowest BCUT2D eigenvalue weighted by molar-refractivity contribution is 0.163. The number of nitrogens with one attached hydrogen (secondary N) is 2. The minimum Gasteiger partial charge on any atom is -0.492 e. The standard InChI is InChI=1S/C15H22N2O/c1-15(7-2-3-8-17-15)11-18-13-4-5-14-12(10-13)6-9-16-14/h4-5,10,16-17H,2-3,6-9,11H2,1H3. The van der Waals surface area contributed by atoms with Crippen molar-refractivity contribution in [2.24, 2.45) is 0 Å². The van der Waals surface area contributed by atoms with Gasteiger partial charge in [0.2, 0.25) is 0 Å². The minimum atomic E-state index is 0.148. The van der Waals surface area contributed by atoms with Crippen molar-refractivity contribution in [2.75, 3.05) is 25.0 Å². The predicted molar refractivity (Wildman–Crippen MR) is 74.4 cm³/mol. The van der Waals surface area contributed by atoms with Gasteiger partial charge in [-0.25, -0.2) is 0 Å². The van der Waals surface area contributed by atoms with Crippen molar-refractivity contribution in [1.82, 2.24) is 5.32 Å². The Hall–Kier alpha value is -1.22. The predicted octanol–water partition coefficient (Wildman–Crippen LogP) is 2.57. The zero-order chi connectivity index (χ0) is 12.4. The van der Waals surface area contributed by atoms with Crippen LogP contribution in [0.1, 0.15) is 31.7 Å². The van der Waals surface area contributed by atoms with Crippen LogP contribution in [0.4, 0.5) is 5.69 Å². The summed E-state index contributed by atoms with van der Waals surface area (Å²) in [6, 6.07) is 6.39. The van der Waals surface area contributed by atoms with E-state index in [-0.39, 0.29) is 5.54 Å². The second-order valence-corrected chi connectivity index (χ2v) is 5.73. The Bertz CT molecular complexity index is 425. The number of fused-ring (bicyclic) bond motifs is 1. The van der Waals surface area contributed by atoms with Gasteiger partial charge in [-0.15, -0.1) is 0 Å². The second-order valence-electron chi connectivity index (χ2n) is 5.73. The van der Waals surface area contributed by atoms with Crippen molar-refractivity contribution in [1.29, 1.82) is 0 Å². The van der Waals surface area contributed by atoms with Gasteiger partial charge in [0.25, 0.3) is 0 Å². The molecule has 18 heavy (non-hydrogen) atoms. The number of benzene rings is 1. The summed E-state index contributed by atoms with van der Waals surface area (Å²) in [5.74, 6) is 1.01. The van der Waals surface area contributed by atoms with Gasteiger partial charge in [-0.05, 0) is 56.5 Å². The van der Waals surface area contributed by atoms with Gasteiger partial charge in [0, 0.05) is 17.8 Å². The zero-order valence-corrected chi connectivity index (χ0v) is 11.1. The van der Waals surface area contributed by atoms with Crippen LogP contribution in [0.2, 0.25) is 0 Å².